The van der Waals surface area contributed by atoms with Gasteiger partial charge in [0.15, 0.2) is 0 Å². The molecule has 4 rings (SSSR count). The summed E-state index contributed by atoms with van der Waals surface area (Å²) >= 11 is 10.2. The molecule has 0 saturated carbocycles. The predicted octanol–water partition coefficient (Wildman–Crippen LogP) is 4.99. The van der Waals surface area contributed by atoms with Crippen LogP contribution in [0.2, 0.25) is 5.02 Å². The summed E-state index contributed by atoms with van der Waals surface area (Å²) in [6, 6.07) is 8.42. The number of pyridine rings is 1. The Labute approximate surface area is 166 Å². The molecule has 1 aromatic carbocycles. The molecular weight excluding hydrogens is 414 g/mol. The molecule has 136 valence electrons. The van der Waals surface area contributed by atoms with E-state index in [-0.39, 0.29) is 12.1 Å². The van der Waals surface area contributed by atoms with Crippen LogP contribution >= 0.6 is 27.5 Å². The second-order valence-electron chi connectivity index (χ2n) is 7.32. The smallest absolute Gasteiger partial charge is 0.139 e. The number of hydrogen-bond donors (Lipinski definition) is 3. The van der Waals surface area contributed by atoms with Crippen LogP contribution in [-0.4, -0.2) is 27.2 Å². The molecule has 0 bridgehead atoms. The lowest BCUT2D eigenvalue weighted by molar-refractivity contribution is -0.0196. The summed E-state index contributed by atoms with van der Waals surface area (Å²) < 4.78 is 0.968. The minimum atomic E-state index is -0.901. The number of aromatic nitrogens is 2. The molecule has 1 fully saturated rings. The van der Waals surface area contributed by atoms with Crippen LogP contribution < -0.4 is 5.32 Å². The van der Waals surface area contributed by atoms with Gasteiger partial charge in [-0.25, -0.2) is 4.98 Å². The number of H-pyrrole nitrogens is 1. The maximum atomic E-state index is 11.3. The lowest BCUT2D eigenvalue weighted by Gasteiger charge is -2.40. The Bertz CT molecular complexity index is 961. The van der Waals surface area contributed by atoms with Gasteiger partial charge in [0.05, 0.1) is 5.60 Å². The number of halogens is 2. The number of benzene rings is 1. The predicted molar refractivity (Wildman–Crippen MR) is 109 cm³/mol. The summed E-state index contributed by atoms with van der Waals surface area (Å²) in [7, 11) is 0. The first-order valence-corrected chi connectivity index (χ1v) is 9.95. The second kappa shape index (κ2) is 6.64. The third kappa shape index (κ3) is 3.07. The zero-order valence-electron chi connectivity index (χ0n) is 14.7. The van der Waals surface area contributed by atoms with Gasteiger partial charge in [-0.15, -0.1) is 0 Å². The van der Waals surface area contributed by atoms with Gasteiger partial charge in [0, 0.05) is 44.9 Å². The lowest BCUT2D eigenvalue weighted by atomic mass is 9.79. The Morgan fingerprint density at radius 3 is 2.65 bits per heavy atom. The first-order valence-electron chi connectivity index (χ1n) is 8.78. The van der Waals surface area contributed by atoms with Gasteiger partial charge in [0.2, 0.25) is 0 Å². The molecular formula is C20H21BrClN3O. The van der Waals surface area contributed by atoms with Crippen molar-refractivity contribution in [2.24, 2.45) is 0 Å². The van der Waals surface area contributed by atoms with E-state index in [1.54, 1.807) is 6.20 Å². The molecule has 0 amide bonds. The van der Waals surface area contributed by atoms with Crippen LogP contribution in [0.3, 0.4) is 0 Å². The van der Waals surface area contributed by atoms with E-state index in [0.717, 1.165) is 32.2 Å². The van der Waals surface area contributed by atoms with Crippen LogP contribution in [0.4, 0.5) is 0 Å². The fourth-order valence-electron chi connectivity index (χ4n) is 4.24. The van der Waals surface area contributed by atoms with Crippen molar-refractivity contribution in [3.8, 4) is 11.1 Å². The van der Waals surface area contributed by atoms with Gasteiger partial charge < -0.3 is 15.4 Å². The van der Waals surface area contributed by atoms with Gasteiger partial charge in [-0.3, -0.25) is 0 Å². The number of fused-ring (bicyclic) bond motifs is 1. The normalized spacial score (nSPS) is 26.3. The number of hydrogen-bond acceptors (Lipinski definition) is 3. The molecule has 1 aliphatic rings. The van der Waals surface area contributed by atoms with Gasteiger partial charge in [0.25, 0.3) is 0 Å². The van der Waals surface area contributed by atoms with Crippen LogP contribution in [0.1, 0.15) is 32.3 Å². The van der Waals surface area contributed by atoms with Gasteiger partial charge in [-0.1, -0.05) is 23.7 Å². The summed E-state index contributed by atoms with van der Waals surface area (Å²) in [5, 5.41) is 16.4. The molecule has 3 N–H and O–H groups in total. The molecule has 2 aromatic heterocycles. The Hall–Kier alpha value is -1.40. The number of piperidine rings is 1. The first kappa shape index (κ1) is 18.0. The molecule has 2 unspecified atom stereocenters. The van der Waals surface area contributed by atoms with E-state index in [9.17, 15) is 5.11 Å². The minimum Gasteiger partial charge on any atom is -0.385 e. The third-order valence-corrected chi connectivity index (χ3v) is 6.10. The average Bonchev–Trinajstić information content (AvgIpc) is 2.95. The number of nitrogens with zero attached hydrogens (tertiary/aromatic N) is 1. The topological polar surface area (TPSA) is 60.9 Å². The molecule has 6 heteroatoms. The van der Waals surface area contributed by atoms with Crippen molar-refractivity contribution in [2.45, 2.75) is 44.4 Å². The van der Waals surface area contributed by atoms with Crippen LogP contribution in [0.25, 0.3) is 22.2 Å². The van der Waals surface area contributed by atoms with Crippen molar-refractivity contribution in [3.63, 3.8) is 0 Å². The highest BCUT2D eigenvalue weighted by atomic mass is 79.9. The monoisotopic (exact) mass is 433 g/mol. The highest BCUT2D eigenvalue weighted by Gasteiger charge is 2.38. The first-order chi connectivity index (χ1) is 12.4. The third-order valence-electron chi connectivity index (χ3n) is 5.16. The van der Waals surface area contributed by atoms with E-state index in [2.05, 4.69) is 45.1 Å². The van der Waals surface area contributed by atoms with Gasteiger partial charge >= 0.3 is 0 Å². The van der Waals surface area contributed by atoms with Gasteiger partial charge in [0.1, 0.15) is 5.65 Å². The summed E-state index contributed by atoms with van der Waals surface area (Å²) in [6.07, 6.45) is 4.97. The van der Waals surface area contributed by atoms with Gasteiger partial charge in [-0.2, -0.15) is 0 Å². The lowest BCUT2D eigenvalue weighted by Crippen LogP contribution is -2.49. The van der Waals surface area contributed by atoms with Crippen molar-refractivity contribution < 1.29 is 5.11 Å². The van der Waals surface area contributed by atoms with Crippen molar-refractivity contribution in [3.05, 3.63) is 51.7 Å². The molecule has 4 nitrogen and oxygen atoms in total. The zero-order valence-corrected chi connectivity index (χ0v) is 17.0. The van der Waals surface area contributed by atoms with Crippen molar-refractivity contribution in [2.75, 3.05) is 0 Å². The summed E-state index contributed by atoms with van der Waals surface area (Å²) in [5.74, 6) is 0. The number of aliphatic hydroxyl groups is 1. The fraction of sp³-hybridized carbons (Fsp3) is 0.350. The summed E-state index contributed by atoms with van der Waals surface area (Å²) in [4.78, 5) is 7.52. The SMILES string of the molecule is CC1CC(O)(c2ccc(-c3ccnc4[nH]cc(Br)c34)cc2Cl)CC(C)N1. The average molecular weight is 435 g/mol. The Morgan fingerprint density at radius 1 is 1.23 bits per heavy atom. The minimum absolute atomic E-state index is 0.245. The van der Waals surface area contributed by atoms with E-state index in [1.807, 2.05) is 30.5 Å². The highest BCUT2D eigenvalue weighted by Crippen LogP contribution is 2.41. The van der Waals surface area contributed by atoms with Crippen molar-refractivity contribution in [1.82, 2.24) is 15.3 Å². The van der Waals surface area contributed by atoms with E-state index in [0.29, 0.717) is 17.9 Å². The van der Waals surface area contributed by atoms with Crippen LogP contribution in [0.15, 0.2) is 41.1 Å². The molecule has 0 spiro atoms. The standard InChI is InChI=1S/C20H21BrClN3O/c1-11-8-20(26,9-12(2)25-11)15-4-3-13(7-17(15)22)14-5-6-23-19-18(14)16(21)10-24-19/h3-7,10-12,25-26H,8-9H2,1-2H3,(H,23,24). The van der Waals surface area contributed by atoms with Crippen LogP contribution in [0, 0.1) is 0 Å². The molecule has 0 aliphatic carbocycles. The maximum absolute atomic E-state index is 11.3. The van der Waals surface area contributed by atoms with E-state index in [1.165, 1.54) is 0 Å². The zero-order chi connectivity index (χ0) is 18.5. The highest BCUT2D eigenvalue weighted by molar-refractivity contribution is 9.10. The van der Waals surface area contributed by atoms with Crippen molar-refractivity contribution >= 4 is 38.6 Å². The molecule has 0 radical (unpaired) electrons. The quantitative estimate of drug-likeness (QED) is 0.532. The van der Waals surface area contributed by atoms with Crippen LogP contribution in [0.5, 0.6) is 0 Å². The van der Waals surface area contributed by atoms with E-state index >= 15 is 0 Å². The number of aromatic amines is 1. The Morgan fingerprint density at radius 2 is 1.96 bits per heavy atom. The Kier molecular flexibility index (Phi) is 4.59. The fourth-order valence-corrected chi connectivity index (χ4v) is 5.11. The molecule has 1 saturated heterocycles. The molecule has 3 heterocycles. The van der Waals surface area contributed by atoms with Crippen molar-refractivity contribution in [1.29, 1.82) is 0 Å². The van der Waals surface area contributed by atoms with Gasteiger partial charge in [-0.05, 0) is 65.9 Å². The van der Waals surface area contributed by atoms with E-state index < -0.39 is 5.60 Å². The van der Waals surface area contributed by atoms with Crippen LogP contribution in [-0.2, 0) is 5.60 Å². The molecule has 26 heavy (non-hydrogen) atoms. The second-order valence-corrected chi connectivity index (χ2v) is 8.58. The number of nitrogens with one attached hydrogen (secondary N) is 2. The number of rotatable bonds is 2. The summed E-state index contributed by atoms with van der Waals surface area (Å²) in [6.45, 7) is 4.19. The molecule has 3 aromatic rings. The summed E-state index contributed by atoms with van der Waals surface area (Å²) in [5.41, 5.74) is 2.79. The maximum Gasteiger partial charge on any atom is 0.139 e. The largest absolute Gasteiger partial charge is 0.385 e. The Balaban J connectivity index is 1.78. The molecule has 2 atom stereocenters. The van der Waals surface area contributed by atoms with E-state index in [4.69, 9.17) is 11.6 Å². The molecule has 1 aliphatic heterocycles.